The van der Waals surface area contributed by atoms with Gasteiger partial charge in [0.25, 0.3) is 0 Å². The predicted octanol–water partition coefficient (Wildman–Crippen LogP) is 2.98. The molecule has 4 nitrogen and oxygen atoms in total. The van der Waals surface area contributed by atoms with E-state index in [0.29, 0.717) is 30.0 Å². The van der Waals surface area contributed by atoms with Gasteiger partial charge in [-0.15, -0.1) is 0 Å². The number of hydrogen-bond acceptors (Lipinski definition) is 3. The molecule has 6 atom stereocenters. The SMILES string of the molecule is CC(=O)N[C@@H]1C[C@@H]2[C@H](CC[C@]3(C)C(=O)CC[C@@H]23)[C@@]2(C)C=CC(=O)C=C12. The van der Waals surface area contributed by atoms with Gasteiger partial charge in [0.15, 0.2) is 5.78 Å². The summed E-state index contributed by atoms with van der Waals surface area (Å²) < 4.78 is 0. The van der Waals surface area contributed by atoms with Crippen LogP contribution in [-0.4, -0.2) is 23.5 Å². The van der Waals surface area contributed by atoms with Crippen molar-refractivity contribution in [2.75, 3.05) is 0 Å². The molecule has 0 aromatic rings. The van der Waals surface area contributed by atoms with Gasteiger partial charge >= 0.3 is 0 Å². The largest absolute Gasteiger partial charge is 0.350 e. The summed E-state index contributed by atoms with van der Waals surface area (Å²) in [6, 6.07) is -0.101. The maximum atomic E-state index is 12.5. The van der Waals surface area contributed by atoms with E-state index in [9.17, 15) is 14.4 Å². The van der Waals surface area contributed by atoms with E-state index in [-0.39, 0.29) is 28.6 Å². The molecule has 0 radical (unpaired) electrons. The number of carbonyl (C=O) groups is 3. The Hall–Kier alpha value is -1.71. The summed E-state index contributed by atoms with van der Waals surface area (Å²) in [5.74, 6) is 1.64. The first kappa shape index (κ1) is 16.7. The molecule has 0 aromatic heterocycles. The van der Waals surface area contributed by atoms with Gasteiger partial charge < -0.3 is 5.32 Å². The average molecular weight is 341 g/mol. The summed E-state index contributed by atoms with van der Waals surface area (Å²) in [6.07, 6.45) is 9.98. The number of amides is 1. The second kappa shape index (κ2) is 5.39. The van der Waals surface area contributed by atoms with Gasteiger partial charge in [0.05, 0.1) is 6.04 Å². The van der Waals surface area contributed by atoms with Crippen LogP contribution in [0.1, 0.15) is 52.9 Å². The molecule has 4 aliphatic carbocycles. The Bertz CT molecular complexity index is 721. The minimum absolute atomic E-state index is 0.0120. The molecular weight excluding hydrogens is 314 g/mol. The molecule has 0 aliphatic heterocycles. The van der Waals surface area contributed by atoms with E-state index in [2.05, 4.69) is 25.2 Å². The maximum absolute atomic E-state index is 12.5. The first-order chi connectivity index (χ1) is 11.8. The van der Waals surface area contributed by atoms with Crippen LogP contribution in [-0.2, 0) is 14.4 Å². The number of Topliss-reactive ketones (excluding diaryl/α,β-unsaturated/α-hetero) is 1. The normalized spacial score (nSPS) is 45.3. The van der Waals surface area contributed by atoms with Crippen LogP contribution in [0.2, 0.25) is 0 Å². The van der Waals surface area contributed by atoms with E-state index in [1.807, 2.05) is 0 Å². The predicted molar refractivity (Wildman–Crippen MR) is 94.6 cm³/mol. The van der Waals surface area contributed by atoms with E-state index >= 15 is 0 Å². The van der Waals surface area contributed by atoms with Crippen LogP contribution in [0.3, 0.4) is 0 Å². The lowest BCUT2D eigenvalue weighted by atomic mass is 9.47. The van der Waals surface area contributed by atoms with Crippen LogP contribution < -0.4 is 5.32 Å². The highest BCUT2D eigenvalue weighted by molar-refractivity contribution is 6.01. The average Bonchev–Trinajstić information content (AvgIpc) is 2.84. The van der Waals surface area contributed by atoms with Crippen LogP contribution in [0.5, 0.6) is 0 Å². The van der Waals surface area contributed by atoms with Crippen LogP contribution in [0.15, 0.2) is 23.8 Å². The molecule has 4 aliphatic rings. The lowest BCUT2D eigenvalue weighted by Gasteiger charge is -2.57. The maximum Gasteiger partial charge on any atom is 0.217 e. The van der Waals surface area contributed by atoms with E-state index < -0.39 is 0 Å². The van der Waals surface area contributed by atoms with Gasteiger partial charge in [-0.05, 0) is 61.2 Å². The number of allylic oxidation sites excluding steroid dienone is 3. The minimum atomic E-state index is -0.198. The standard InChI is InChI=1S/C21H27NO3/c1-12(23)22-18-11-14-15-4-5-19(25)21(15,3)9-7-16(14)20(2)8-6-13(24)10-17(18)20/h6,8,10,14-16,18H,4-5,7,9,11H2,1-3H3,(H,22,23)/t14-,15-,16-,18+,20+,21-/m0/s1. The zero-order chi connectivity index (χ0) is 18.0. The third-order valence-corrected chi connectivity index (χ3v) is 7.69. The summed E-state index contributed by atoms with van der Waals surface area (Å²) in [5, 5.41) is 3.09. The molecule has 4 rings (SSSR count). The van der Waals surface area contributed by atoms with Gasteiger partial charge in [-0.3, -0.25) is 14.4 Å². The number of hydrogen-bond donors (Lipinski definition) is 1. The smallest absolute Gasteiger partial charge is 0.217 e. The Morgan fingerprint density at radius 2 is 1.96 bits per heavy atom. The van der Waals surface area contributed by atoms with Crippen molar-refractivity contribution < 1.29 is 14.4 Å². The fraction of sp³-hybridized carbons (Fsp3) is 0.667. The number of carbonyl (C=O) groups excluding carboxylic acids is 3. The quantitative estimate of drug-likeness (QED) is 0.797. The molecule has 25 heavy (non-hydrogen) atoms. The molecule has 0 spiro atoms. The van der Waals surface area contributed by atoms with Crippen molar-refractivity contribution in [3.05, 3.63) is 23.8 Å². The third kappa shape index (κ3) is 2.29. The minimum Gasteiger partial charge on any atom is -0.350 e. The summed E-state index contributed by atoms with van der Waals surface area (Å²) in [4.78, 5) is 36.3. The van der Waals surface area contributed by atoms with Crippen molar-refractivity contribution >= 4 is 17.5 Å². The lowest BCUT2D eigenvalue weighted by Crippen LogP contribution is -2.56. The molecule has 0 heterocycles. The zero-order valence-corrected chi connectivity index (χ0v) is 15.3. The molecule has 3 fully saturated rings. The Labute approximate surface area is 149 Å². The Morgan fingerprint density at radius 3 is 2.68 bits per heavy atom. The number of ketones is 2. The summed E-state index contributed by atoms with van der Waals surface area (Å²) in [5.41, 5.74) is 0.675. The highest BCUT2D eigenvalue weighted by atomic mass is 16.1. The first-order valence-corrected chi connectivity index (χ1v) is 9.51. The Balaban J connectivity index is 1.76. The van der Waals surface area contributed by atoms with Crippen molar-refractivity contribution in [1.82, 2.24) is 5.32 Å². The van der Waals surface area contributed by atoms with E-state index in [1.54, 1.807) is 12.2 Å². The van der Waals surface area contributed by atoms with Crippen LogP contribution in [0.4, 0.5) is 0 Å². The molecule has 0 saturated heterocycles. The highest BCUT2D eigenvalue weighted by Gasteiger charge is 2.60. The van der Waals surface area contributed by atoms with Gasteiger partial charge in [0.1, 0.15) is 5.78 Å². The number of rotatable bonds is 1. The summed E-state index contributed by atoms with van der Waals surface area (Å²) in [6.45, 7) is 5.91. The van der Waals surface area contributed by atoms with Crippen molar-refractivity contribution in [3.8, 4) is 0 Å². The van der Waals surface area contributed by atoms with E-state index in [1.165, 1.54) is 6.92 Å². The van der Waals surface area contributed by atoms with Gasteiger partial charge in [-0.1, -0.05) is 19.9 Å². The molecular formula is C21H27NO3. The monoisotopic (exact) mass is 341 g/mol. The zero-order valence-electron chi connectivity index (χ0n) is 15.3. The van der Waals surface area contributed by atoms with Crippen molar-refractivity contribution in [2.45, 2.75) is 58.9 Å². The lowest BCUT2D eigenvalue weighted by molar-refractivity contribution is -0.132. The van der Waals surface area contributed by atoms with Crippen molar-refractivity contribution in [2.24, 2.45) is 28.6 Å². The molecule has 134 valence electrons. The topological polar surface area (TPSA) is 63.2 Å². The summed E-state index contributed by atoms with van der Waals surface area (Å²) >= 11 is 0. The number of nitrogens with one attached hydrogen (secondary N) is 1. The second-order valence-corrected chi connectivity index (χ2v) is 8.90. The fourth-order valence-electron chi connectivity index (χ4n) is 6.44. The molecule has 0 unspecified atom stereocenters. The molecule has 0 aromatic carbocycles. The van der Waals surface area contributed by atoms with Crippen LogP contribution in [0.25, 0.3) is 0 Å². The van der Waals surface area contributed by atoms with Crippen LogP contribution in [0, 0.1) is 28.6 Å². The second-order valence-electron chi connectivity index (χ2n) is 8.90. The van der Waals surface area contributed by atoms with Crippen LogP contribution >= 0.6 is 0 Å². The van der Waals surface area contributed by atoms with Crippen molar-refractivity contribution in [3.63, 3.8) is 0 Å². The fourth-order valence-corrected chi connectivity index (χ4v) is 6.44. The molecule has 3 saturated carbocycles. The van der Waals surface area contributed by atoms with Gasteiger partial charge in [-0.25, -0.2) is 0 Å². The molecule has 1 amide bonds. The number of fused-ring (bicyclic) bond motifs is 5. The van der Waals surface area contributed by atoms with Crippen molar-refractivity contribution in [1.29, 1.82) is 0 Å². The Morgan fingerprint density at radius 1 is 1.20 bits per heavy atom. The van der Waals surface area contributed by atoms with E-state index in [4.69, 9.17) is 0 Å². The Kier molecular flexibility index (Phi) is 3.61. The molecule has 1 N–H and O–H groups in total. The van der Waals surface area contributed by atoms with E-state index in [0.717, 1.165) is 31.3 Å². The van der Waals surface area contributed by atoms with Gasteiger partial charge in [0.2, 0.25) is 5.91 Å². The third-order valence-electron chi connectivity index (χ3n) is 7.69. The van der Waals surface area contributed by atoms with Gasteiger partial charge in [-0.2, -0.15) is 0 Å². The molecule has 0 bridgehead atoms. The van der Waals surface area contributed by atoms with Gasteiger partial charge in [0, 0.05) is 24.2 Å². The first-order valence-electron chi connectivity index (χ1n) is 9.51. The highest BCUT2D eigenvalue weighted by Crippen LogP contribution is 2.63. The summed E-state index contributed by atoms with van der Waals surface area (Å²) in [7, 11) is 0. The molecule has 4 heteroatoms.